The molecule has 2 fully saturated rings. The maximum Gasteiger partial charge on any atom is 0.252 e. The molecule has 2 saturated heterocycles. The highest BCUT2D eigenvalue weighted by atomic mass is 127. The lowest BCUT2D eigenvalue weighted by Gasteiger charge is -2.42. The number of benzene rings is 1. The molecule has 0 aromatic heterocycles. The van der Waals surface area contributed by atoms with Crippen LogP contribution < -0.4 is 10.1 Å². The first-order valence-corrected chi connectivity index (χ1v) is 14.0. The number of hydrogen-bond acceptors (Lipinski definition) is 8. The van der Waals surface area contributed by atoms with Crippen LogP contribution in [0.5, 0.6) is 5.75 Å². The van der Waals surface area contributed by atoms with Crippen LogP contribution in [0.15, 0.2) is 35.9 Å². The molecule has 1 aromatic rings. The third kappa shape index (κ3) is 7.42. The zero-order chi connectivity index (χ0) is 26.2. The minimum absolute atomic E-state index is 0.112. The van der Waals surface area contributed by atoms with E-state index in [9.17, 15) is 19.8 Å². The Morgan fingerprint density at radius 1 is 1.22 bits per heavy atom. The van der Waals surface area contributed by atoms with Crippen LogP contribution in [0.2, 0.25) is 0 Å². The van der Waals surface area contributed by atoms with Crippen LogP contribution in [0.4, 0.5) is 0 Å². The van der Waals surface area contributed by atoms with Gasteiger partial charge < -0.3 is 34.6 Å². The minimum atomic E-state index is -1.06. The summed E-state index contributed by atoms with van der Waals surface area (Å²) in [6.07, 6.45) is 0.808. The van der Waals surface area contributed by atoms with Crippen molar-refractivity contribution in [2.45, 2.75) is 43.6 Å². The fourth-order valence-electron chi connectivity index (χ4n) is 4.94. The SMILES string of the molecule is O=C(NCCO)C1=C[C@H](Oc2ccccc2I)[C@@H](O)[C@H](N(CCN2CCOCC2)C(=O)C2CCCO2)C1. The highest BCUT2D eigenvalue weighted by Crippen LogP contribution is 2.30. The molecule has 10 nitrogen and oxygen atoms in total. The van der Waals surface area contributed by atoms with E-state index >= 15 is 0 Å². The zero-order valence-electron chi connectivity index (χ0n) is 20.9. The number of hydrogen-bond donors (Lipinski definition) is 3. The van der Waals surface area contributed by atoms with Gasteiger partial charge in [0, 0.05) is 51.3 Å². The number of para-hydroxylation sites is 1. The Labute approximate surface area is 231 Å². The van der Waals surface area contributed by atoms with Gasteiger partial charge in [-0.1, -0.05) is 12.1 Å². The number of aliphatic hydroxyl groups is 2. The Hall–Kier alpha value is -1.77. The summed E-state index contributed by atoms with van der Waals surface area (Å²) in [7, 11) is 0. The maximum absolute atomic E-state index is 13.7. The lowest BCUT2D eigenvalue weighted by Crippen LogP contribution is -2.58. The fraction of sp³-hybridized carbons (Fsp3) is 0.615. The molecule has 3 aliphatic rings. The number of aliphatic hydroxyl groups excluding tert-OH is 2. The van der Waals surface area contributed by atoms with Crippen LogP contribution >= 0.6 is 22.6 Å². The zero-order valence-corrected chi connectivity index (χ0v) is 23.0. The average Bonchev–Trinajstić information content (AvgIpc) is 3.46. The molecule has 204 valence electrons. The van der Waals surface area contributed by atoms with E-state index in [1.807, 2.05) is 24.3 Å². The molecule has 1 aromatic carbocycles. The summed E-state index contributed by atoms with van der Waals surface area (Å²) in [6.45, 7) is 4.34. The molecule has 4 rings (SSSR count). The number of carbonyl (C=O) groups excluding carboxylic acids is 2. The minimum Gasteiger partial charge on any atom is -0.482 e. The van der Waals surface area contributed by atoms with Gasteiger partial charge >= 0.3 is 0 Å². The first-order valence-electron chi connectivity index (χ1n) is 12.9. The van der Waals surface area contributed by atoms with Crippen molar-refractivity contribution in [2.75, 3.05) is 59.2 Å². The molecule has 2 aliphatic heterocycles. The lowest BCUT2D eigenvalue weighted by atomic mass is 9.87. The third-order valence-corrected chi connectivity index (χ3v) is 7.85. The maximum atomic E-state index is 13.7. The molecule has 0 spiro atoms. The summed E-state index contributed by atoms with van der Waals surface area (Å²) in [5.74, 6) is 0.0735. The number of carbonyl (C=O) groups is 2. The topological polar surface area (TPSA) is 121 Å². The van der Waals surface area contributed by atoms with Gasteiger partial charge in [0.2, 0.25) is 5.91 Å². The predicted octanol–water partition coefficient (Wildman–Crippen LogP) is 0.547. The van der Waals surface area contributed by atoms with Crippen LogP contribution in [-0.2, 0) is 19.1 Å². The number of amides is 2. The molecule has 2 amide bonds. The van der Waals surface area contributed by atoms with E-state index in [1.165, 1.54) is 0 Å². The van der Waals surface area contributed by atoms with Crippen LogP contribution in [0.25, 0.3) is 0 Å². The molecular weight excluding hydrogens is 593 g/mol. The monoisotopic (exact) mass is 629 g/mol. The van der Waals surface area contributed by atoms with E-state index < -0.39 is 24.4 Å². The summed E-state index contributed by atoms with van der Waals surface area (Å²) in [4.78, 5) is 30.6. The summed E-state index contributed by atoms with van der Waals surface area (Å²) in [5.41, 5.74) is 0.413. The second-order valence-corrected chi connectivity index (χ2v) is 10.6. The van der Waals surface area contributed by atoms with Crippen molar-refractivity contribution in [3.05, 3.63) is 39.5 Å². The first kappa shape index (κ1) is 28.2. The molecule has 0 bridgehead atoms. The van der Waals surface area contributed by atoms with Gasteiger partial charge in [0.1, 0.15) is 24.1 Å². The van der Waals surface area contributed by atoms with E-state index in [1.54, 1.807) is 11.0 Å². The van der Waals surface area contributed by atoms with Gasteiger partial charge in [0.25, 0.3) is 5.91 Å². The van der Waals surface area contributed by atoms with E-state index in [-0.39, 0.29) is 31.4 Å². The van der Waals surface area contributed by atoms with Crippen molar-refractivity contribution in [2.24, 2.45) is 0 Å². The predicted molar refractivity (Wildman–Crippen MR) is 144 cm³/mol. The van der Waals surface area contributed by atoms with Crippen molar-refractivity contribution in [3.8, 4) is 5.75 Å². The Morgan fingerprint density at radius 2 is 2.00 bits per heavy atom. The van der Waals surface area contributed by atoms with Gasteiger partial charge in [-0.3, -0.25) is 14.5 Å². The van der Waals surface area contributed by atoms with Crippen LogP contribution in [-0.4, -0.2) is 115 Å². The van der Waals surface area contributed by atoms with E-state index in [0.717, 1.165) is 23.1 Å². The van der Waals surface area contributed by atoms with E-state index in [0.29, 0.717) is 50.7 Å². The van der Waals surface area contributed by atoms with Gasteiger partial charge in [-0.2, -0.15) is 0 Å². The summed E-state index contributed by atoms with van der Waals surface area (Å²) >= 11 is 2.16. The van der Waals surface area contributed by atoms with E-state index in [2.05, 4.69) is 32.8 Å². The molecular formula is C26H36IN3O7. The number of nitrogens with zero attached hydrogens (tertiary/aromatic N) is 2. The van der Waals surface area contributed by atoms with Crippen molar-refractivity contribution in [1.82, 2.24) is 15.1 Å². The number of rotatable bonds is 10. The van der Waals surface area contributed by atoms with Gasteiger partial charge in [-0.05, 0) is 53.6 Å². The second-order valence-electron chi connectivity index (χ2n) is 9.43. The Morgan fingerprint density at radius 3 is 2.70 bits per heavy atom. The average molecular weight is 629 g/mol. The first-order chi connectivity index (χ1) is 18.0. The molecule has 1 unspecified atom stereocenters. The highest BCUT2D eigenvalue weighted by molar-refractivity contribution is 14.1. The summed E-state index contributed by atoms with van der Waals surface area (Å²) < 4.78 is 18.2. The fourth-order valence-corrected chi connectivity index (χ4v) is 5.45. The number of morpholine rings is 1. The summed E-state index contributed by atoms with van der Waals surface area (Å²) in [5, 5.41) is 23.4. The van der Waals surface area contributed by atoms with Crippen molar-refractivity contribution in [3.63, 3.8) is 0 Å². The van der Waals surface area contributed by atoms with Gasteiger partial charge in [0.05, 0.1) is 29.4 Å². The van der Waals surface area contributed by atoms with Gasteiger partial charge in [0.15, 0.2) is 0 Å². The molecule has 3 N–H and O–H groups in total. The number of nitrogens with one attached hydrogen (secondary N) is 1. The third-order valence-electron chi connectivity index (χ3n) is 6.96. The van der Waals surface area contributed by atoms with Gasteiger partial charge in [-0.25, -0.2) is 0 Å². The smallest absolute Gasteiger partial charge is 0.252 e. The Balaban J connectivity index is 1.60. The largest absolute Gasteiger partial charge is 0.482 e. The van der Waals surface area contributed by atoms with E-state index in [4.69, 9.17) is 14.2 Å². The van der Waals surface area contributed by atoms with Crippen LogP contribution in [0.1, 0.15) is 19.3 Å². The van der Waals surface area contributed by atoms with Gasteiger partial charge in [-0.15, -0.1) is 0 Å². The standard InChI is InChI=1S/C26H36IN3O7/c27-19-4-1-2-5-21(19)37-23-17-18(25(33)28-7-12-31)16-20(24(23)32)30(26(34)22-6-3-13-36-22)9-8-29-10-14-35-15-11-29/h1-2,4-5,17,20,22-24,31-32H,3,6-16H2,(H,28,33)/t20-,22?,23+,24+/m1/s1. The molecule has 37 heavy (non-hydrogen) atoms. The summed E-state index contributed by atoms with van der Waals surface area (Å²) in [6, 6.07) is 6.77. The van der Waals surface area contributed by atoms with Crippen LogP contribution in [0.3, 0.4) is 0 Å². The second kappa shape index (κ2) is 13.9. The van der Waals surface area contributed by atoms with Crippen molar-refractivity contribution < 1.29 is 34.0 Å². The number of ether oxygens (including phenoxy) is 3. The van der Waals surface area contributed by atoms with Crippen molar-refractivity contribution in [1.29, 1.82) is 0 Å². The Kier molecular flexibility index (Phi) is 10.6. The molecule has 2 heterocycles. The van der Waals surface area contributed by atoms with Crippen molar-refractivity contribution >= 4 is 34.4 Å². The quantitative estimate of drug-likeness (QED) is 0.321. The molecule has 0 saturated carbocycles. The molecule has 1 aliphatic carbocycles. The lowest BCUT2D eigenvalue weighted by molar-refractivity contribution is -0.148. The van der Waals surface area contributed by atoms with Crippen LogP contribution in [0, 0.1) is 3.57 Å². The number of halogens is 1. The highest BCUT2D eigenvalue weighted by Gasteiger charge is 2.42. The molecule has 11 heteroatoms. The normalized spacial score (nSPS) is 26.4. The molecule has 0 radical (unpaired) electrons. The Bertz CT molecular complexity index is 950. The molecule has 4 atom stereocenters.